The fourth-order valence-electron chi connectivity index (χ4n) is 1.50. The van der Waals surface area contributed by atoms with Gasteiger partial charge in [0.05, 0.1) is 32.2 Å². The highest BCUT2D eigenvalue weighted by Gasteiger charge is 2.17. The van der Waals surface area contributed by atoms with E-state index < -0.39 is 4.92 Å². The molecule has 1 aromatic heterocycles. The first-order valence-electron chi connectivity index (χ1n) is 5.25. The zero-order chi connectivity index (χ0) is 14.0. The van der Waals surface area contributed by atoms with E-state index in [0.717, 1.165) is 10.7 Å². The van der Waals surface area contributed by atoms with Crippen LogP contribution in [-0.4, -0.2) is 9.91 Å². The number of nitro benzene ring substituents is 1. The molecule has 0 bridgehead atoms. The Labute approximate surface area is 123 Å². The van der Waals surface area contributed by atoms with E-state index in [4.69, 9.17) is 23.2 Å². The number of thiazole rings is 1. The highest BCUT2D eigenvalue weighted by Crippen LogP contribution is 2.34. The second-order valence-electron chi connectivity index (χ2n) is 3.75. The van der Waals surface area contributed by atoms with Crippen LogP contribution in [0.15, 0.2) is 17.5 Å². The van der Waals surface area contributed by atoms with Crippen LogP contribution in [0.5, 0.6) is 0 Å². The van der Waals surface area contributed by atoms with Crippen molar-refractivity contribution in [3.8, 4) is 0 Å². The molecule has 1 N–H and O–H groups in total. The van der Waals surface area contributed by atoms with Gasteiger partial charge < -0.3 is 5.32 Å². The highest BCUT2D eigenvalue weighted by atomic mass is 35.5. The number of nitrogens with zero attached hydrogens (tertiary/aromatic N) is 2. The van der Waals surface area contributed by atoms with E-state index in [1.807, 2.05) is 12.3 Å². The van der Waals surface area contributed by atoms with Crippen LogP contribution in [0.2, 0.25) is 10.0 Å². The Morgan fingerprint density at radius 3 is 2.68 bits per heavy atom. The number of aryl methyl sites for hydroxylation is 1. The molecule has 0 saturated heterocycles. The van der Waals surface area contributed by atoms with Crippen LogP contribution < -0.4 is 5.32 Å². The molecular formula is C11H9Cl2N3O2S. The molecule has 0 atom stereocenters. The summed E-state index contributed by atoms with van der Waals surface area (Å²) in [6.45, 7) is 2.29. The van der Waals surface area contributed by atoms with E-state index in [2.05, 4.69) is 10.3 Å². The highest BCUT2D eigenvalue weighted by molar-refractivity contribution is 7.09. The Kier molecular flexibility index (Phi) is 4.24. The van der Waals surface area contributed by atoms with Gasteiger partial charge >= 0.3 is 0 Å². The average molecular weight is 318 g/mol. The lowest BCUT2D eigenvalue weighted by Gasteiger charge is -2.07. The van der Waals surface area contributed by atoms with Crippen LogP contribution >= 0.6 is 34.5 Å². The smallest absolute Gasteiger partial charge is 0.293 e. The lowest BCUT2D eigenvalue weighted by Crippen LogP contribution is -2.03. The number of halogens is 2. The summed E-state index contributed by atoms with van der Waals surface area (Å²) < 4.78 is 0. The summed E-state index contributed by atoms with van der Waals surface area (Å²) in [5.41, 5.74) is 1.04. The van der Waals surface area contributed by atoms with E-state index in [1.165, 1.54) is 23.5 Å². The van der Waals surface area contributed by atoms with Crippen LogP contribution in [0.1, 0.15) is 10.7 Å². The largest absolute Gasteiger partial charge is 0.374 e. The van der Waals surface area contributed by atoms with Gasteiger partial charge in [0.1, 0.15) is 5.69 Å². The summed E-state index contributed by atoms with van der Waals surface area (Å²) in [5.74, 6) is 0. The molecule has 2 aromatic rings. The Balaban J connectivity index is 2.23. The molecule has 0 amide bonds. The number of aromatic nitrogens is 1. The number of nitro groups is 1. The topological polar surface area (TPSA) is 68.1 Å². The van der Waals surface area contributed by atoms with Crippen molar-refractivity contribution in [1.29, 1.82) is 0 Å². The average Bonchev–Trinajstić information content (AvgIpc) is 2.76. The maximum atomic E-state index is 11.0. The van der Waals surface area contributed by atoms with Crippen LogP contribution in [0, 0.1) is 17.0 Å². The third-order valence-corrected chi connectivity index (χ3v) is 3.91. The third kappa shape index (κ3) is 3.34. The second kappa shape index (κ2) is 5.73. The molecule has 0 saturated carbocycles. The van der Waals surface area contributed by atoms with E-state index >= 15 is 0 Å². The molecule has 2 rings (SSSR count). The Bertz CT molecular complexity index is 630. The zero-order valence-corrected chi connectivity index (χ0v) is 12.1. The predicted molar refractivity (Wildman–Crippen MR) is 77.3 cm³/mol. The van der Waals surface area contributed by atoms with E-state index in [9.17, 15) is 10.1 Å². The molecule has 8 heteroatoms. The standard InChI is InChI=1S/C11H9Cl2N3O2S/c1-6-15-7(5-19-6)4-14-10-2-8(12)9(13)3-11(10)16(17)18/h2-3,5,14H,4H2,1H3. The number of hydrogen-bond donors (Lipinski definition) is 1. The molecule has 100 valence electrons. The maximum Gasteiger partial charge on any atom is 0.293 e. The minimum Gasteiger partial charge on any atom is -0.374 e. The van der Waals surface area contributed by atoms with Crippen LogP contribution in [0.4, 0.5) is 11.4 Å². The normalized spacial score (nSPS) is 10.5. The first kappa shape index (κ1) is 14.0. The third-order valence-electron chi connectivity index (χ3n) is 2.36. The van der Waals surface area contributed by atoms with Gasteiger partial charge in [-0.1, -0.05) is 23.2 Å². The van der Waals surface area contributed by atoms with Gasteiger partial charge in [-0.2, -0.15) is 0 Å². The van der Waals surface area contributed by atoms with Gasteiger partial charge in [-0.15, -0.1) is 11.3 Å². The van der Waals surface area contributed by atoms with Crippen molar-refractivity contribution in [3.05, 3.63) is 48.4 Å². The van der Waals surface area contributed by atoms with Gasteiger partial charge in [-0.05, 0) is 13.0 Å². The quantitative estimate of drug-likeness (QED) is 0.675. The van der Waals surface area contributed by atoms with Crippen molar-refractivity contribution < 1.29 is 4.92 Å². The lowest BCUT2D eigenvalue weighted by molar-refractivity contribution is -0.383. The molecule has 0 spiro atoms. The SMILES string of the molecule is Cc1nc(CNc2cc(Cl)c(Cl)cc2[N+](=O)[O-])cs1. The minimum atomic E-state index is -0.503. The van der Waals surface area contributed by atoms with Crippen LogP contribution in [0.3, 0.4) is 0 Å². The Hall–Kier alpha value is -1.37. The molecule has 1 heterocycles. The van der Waals surface area contributed by atoms with Crippen molar-refractivity contribution in [2.45, 2.75) is 13.5 Å². The molecule has 0 aliphatic rings. The summed E-state index contributed by atoms with van der Waals surface area (Å²) in [6.07, 6.45) is 0. The fraction of sp³-hybridized carbons (Fsp3) is 0.182. The molecule has 1 aromatic carbocycles. The van der Waals surface area contributed by atoms with Crippen LogP contribution in [-0.2, 0) is 6.54 Å². The summed E-state index contributed by atoms with van der Waals surface area (Å²) >= 11 is 13.2. The van der Waals surface area contributed by atoms with E-state index in [-0.39, 0.29) is 15.7 Å². The van der Waals surface area contributed by atoms with Crippen molar-refractivity contribution in [1.82, 2.24) is 4.98 Å². The molecule has 0 aliphatic heterocycles. The van der Waals surface area contributed by atoms with E-state index in [0.29, 0.717) is 12.2 Å². The number of hydrogen-bond acceptors (Lipinski definition) is 5. The van der Waals surface area contributed by atoms with Gasteiger partial charge in [-0.25, -0.2) is 4.98 Å². The van der Waals surface area contributed by atoms with Crippen molar-refractivity contribution in [2.75, 3.05) is 5.32 Å². The number of rotatable bonds is 4. The van der Waals surface area contributed by atoms with Gasteiger partial charge in [0, 0.05) is 11.4 Å². The maximum absolute atomic E-state index is 11.0. The van der Waals surface area contributed by atoms with Gasteiger partial charge in [-0.3, -0.25) is 10.1 Å². The Morgan fingerprint density at radius 2 is 2.11 bits per heavy atom. The van der Waals surface area contributed by atoms with Crippen molar-refractivity contribution in [2.24, 2.45) is 0 Å². The molecule has 5 nitrogen and oxygen atoms in total. The molecule has 0 radical (unpaired) electrons. The first-order valence-corrected chi connectivity index (χ1v) is 6.89. The zero-order valence-electron chi connectivity index (χ0n) is 9.81. The lowest BCUT2D eigenvalue weighted by atomic mass is 10.2. The summed E-state index contributed by atoms with van der Waals surface area (Å²) in [5, 5.41) is 17.2. The van der Waals surface area contributed by atoms with E-state index in [1.54, 1.807) is 0 Å². The Morgan fingerprint density at radius 1 is 1.42 bits per heavy atom. The molecule has 0 unspecified atom stereocenters. The number of anilines is 1. The van der Waals surface area contributed by atoms with Crippen molar-refractivity contribution >= 4 is 45.9 Å². The monoisotopic (exact) mass is 317 g/mol. The number of benzene rings is 1. The fourth-order valence-corrected chi connectivity index (χ4v) is 2.44. The molecule has 0 fully saturated rings. The predicted octanol–water partition coefficient (Wildman–Crippen LogP) is 4.28. The minimum absolute atomic E-state index is 0.110. The molecule has 19 heavy (non-hydrogen) atoms. The second-order valence-corrected chi connectivity index (χ2v) is 5.63. The molecular weight excluding hydrogens is 309 g/mol. The van der Waals surface area contributed by atoms with Crippen molar-refractivity contribution in [3.63, 3.8) is 0 Å². The first-order chi connectivity index (χ1) is 8.97. The van der Waals surface area contributed by atoms with Gasteiger partial charge in [0.15, 0.2) is 0 Å². The summed E-state index contributed by atoms with van der Waals surface area (Å²) in [6, 6.07) is 2.68. The molecule has 0 aliphatic carbocycles. The van der Waals surface area contributed by atoms with Gasteiger partial charge in [0.2, 0.25) is 0 Å². The van der Waals surface area contributed by atoms with Crippen LogP contribution in [0.25, 0.3) is 0 Å². The van der Waals surface area contributed by atoms with Gasteiger partial charge in [0.25, 0.3) is 5.69 Å². The summed E-state index contributed by atoms with van der Waals surface area (Å²) in [7, 11) is 0. The number of nitrogens with one attached hydrogen (secondary N) is 1. The summed E-state index contributed by atoms with van der Waals surface area (Å²) in [4.78, 5) is 14.7.